The Hall–Kier alpha value is -0.860. The lowest BCUT2D eigenvalue weighted by molar-refractivity contribution is 0.210. The topological polar surface area (TPSA) is 15.3 Å². The van der Waals surface area contributed by atoms with Gasteiger partial charge >= 0.3 is 0 Å². The molecule has 0 fully saturated rings. The van der Waals surface area contributed by atoms with Crippen molar-refractivity contribution in [3.63, 3.8) is 0 Å². The molecule has 1 N–H and O–H groups in total. The lowest BCUT2D eigenvalue weighted by Crippen LogP contribution is -2.35. The van der Waals surface area contributed by atoms with E-state index in [2.05, 4.69) is 70.0 Å². The van der Waals surface area contributed by atoms with Crippen molar-refractivity contribution < 1.29 is 0 Å². The average molecular weight is 290 g/mol. The van der Waals surface area contributed by atoms with Crippen LogP contribution < -0.4 is 5.32 Å². The Labute approximate surface area is 131 Å². The molecular formula is C19H34N2. The molecule has 1 aromatic carbocycles. The molecule has 1 rings (SSSR count). The van der Waals surface area contributed by atoms with E-state index >= 15 is 0 Å². The first-order valence-corrected chi connectivity index (χ1v) is 8.53. The van der Waals surface area contributed by atoms with Gasteiger partial charge in [0.05, 0.1) is 0 Å². The van der Waals surface area contributed by atoms with Gasteiger partial charge in [-0.3, -0.25) is 0 Å². The molecular weight excluding hydrogens is 256 g/mol. The second-order valence-corrected chi connectivity index (χ2v) is 6.45. The first kappa shape index (κ1) is 18.2. The Balaban J connectivity index is 2.77. The molecule has 0 saturated heterocycles. The molecule has 2 nitrogen and oxygen atoms in total. The lowest BCUT2D eigenvalue weighted by Gasteiger charge is -2.28. The minimum atomic E-state index is 0.465. The molecule has 0 radical (unpaired) electrons. The molecule has 0 heterocycles. The highest BCUT2D eigenvalue weighted by Crippen LogP contribution is 2.21. The Bertz CT molecular complexity index is 392. The third kappa shape index (κ3) is 6.19. The molecule has 0 spiro atoms. The first-order chi connectivity index (χ1) is 9.97. The van der Waals surface area contributed by atoms with E-state index in [0.717, 1.165) is 13.1 Å². The summed E-state index contributed by atoms with van der Waals surface area (Å²) in [5, 5.41) is 3.66. The number of benzene rings is 1. The standard InChI is InChI=1S/C19H34N2/c1-7-10-21(15(3)4)11-9-19(20-8-2)18-13-16(5)12-17(6)14-18/h12-15,19-20H,7-11H2,1-6H3. The molecule has 120 valence electrons. The van der Waals surface area contributed by atoms with E-state index in [1.807, 2.05) is 0 Å². The molecule has 1 unspecified atom stereocenters. The summed E-state index contributed by atoms with van der Waals surface area (Å²) in [5.41, 5.74) is 4.17. The van der Waals surface area contributed by atoms with E-state index in [4.69, 9.17) is 0 Å². The smallest absolute Gasteiger partial charge is 0.0332 e. The van der Waals surface area contributed by atoms with Crippen molar-refractivity contribution in [2.24, 2.45) is 0 Å². The minimum Gasteiger partial charge on any atom is -0.310 e. The zero-order chi connectivity index (χ0) is 15.8. The largest absolute Gasteiger partial charge is 0.310 e. The van der Waals surface area contributed by atoms with Crippen LogP contribution >= 0.6 is 0 Å². The molecule has 21 heavy (non-hydrogen) atoms. The van der Waals surface area contributed by atoms with Crippen LogP contribution in [0.25, 0.3) is 0 Å². The summed E-state index contributed by atoms with van der Waals surface area (Å²) in [7, 11) is 0. The van der Waals surface area contributed by atoms with Crippen LogP contribution in [0.15, 0.2) is 18.2 Å². The number of hydrogen-bond donors (Lipinski definition) is 1. The van der Waals surface area contributed by atoms with Crippen molar-refractivity contribution in [1.29, 1.82) is 0 Å². The van der Waals surface area contributed by atoms with E-state index < -0.39 is 0 Å². The zero-order valence-corrected chi connectivity index (χ0v) is 14.9. The summed E-state index contributed by atoms with van der Waals surface area (Å²) < 4.78 is 0. The van der Waals surface area contributed by atoms with Crippen molar-refractivity contribution in [3.05, 3.63) is 34.9 Å². The highest BCUT2D eigenvalue weighted by Gasteiger charge is 2.15. The van der Waals surface area contributed by atoms with Crippen LogP contribution in [0.3, 0.4) is 0 Å². The SMILES string of the molecule is CCCN(CCC(NCC)c1cc(C)cc(C)c1)C(C)C. The third-order valence-electron chi connectivity index (χ3n) is 4.04. The highest BCUT2D eigenvalue weighted by atomic mass is 15.1. The normalized spacial score (nSPS) is 13.1. The van der Waals surface area contributed by atoms with Gasteiger partial charge in [0, 0.05) is 18.6 Å². The number of aryl methyl sites for hydroxylation is 2. The summed E-state index contributed by atoms with van der Waals surface area (Å²) in [5.74, 6) is 0. The summed E-state index contributed by atoms with van der Waals surface area (Å²) >= 11 is 0. The van der Waals surface area contributed by atoms with Crippen molar-refractivity contribution in [2.45, 2.75) is 66.5 Å². The van der Waals surface area contributed by atoms with E-state index in [1.165, 1.54) is 36.1 Å². The van der Waals surface area contributed by atoms with Crippen LogP contribution in [-0.2, 0) is 0 Å². The van der Waals surface area contributed by atoms with Gasteiger partial charge in [-0.15, -0.1) is 0 Å². The fourth-order valence-electron chi connectivity index (χ4n) is 3.05. The van der Waals surface area contributed by atoms with E-state index in [1.54, 1.807) is 0 Å². The predicted molar refractivity (Wildman–Crippen MR) is 94.0 cm³/mol. The molecule has 0 bridgehead atoms. The van der Waals surface area contributed by atoms with Gasteiger partial charge in [0.25, 0.3) is 0 Å². The van der Waals surface area contributed by atoms with Crippen molar-refractivity contribution in [2.75, 3.05) is 19.6 Å². The number of nitrogens with one attached hydrogen (secondary N) is 1. The maximum absolute atomic E-state index is 3.66. The molecule has 0 aliphatic rings. The van der Waals surface area contributed by atoms with Gasteiger partial charge in [-0.05, 0) is 59.2 Å². The van der Waals surface area contributed by atoms with E-state index in [9.17, 15) is 0 Å². The summed E-state index contributed by atoms with van der Waals surface area (Å²) in [6, 6.07) is 8.02. The van der Waals surface area contributed by atoms with Crippen molar-refractivity contribution >= 4 is 0 Å². The molecule has 0 aliphatic heterocycles. The van der Waals surface area contributed by atoms with Gasteiger partial charge in [-0.25, -0.2) is 0 Å². The van der Waals surface area contributed by atoms with Crippen LogP contribution in [0.1, 0.15) is 63.3 Å². The number of rotatable bonds is 9. The second kappa shape index (κ2) is 9.22. The van der Waals surface area contributed by atoms with Crippen LogP contribution in [-0.4, -0.2) is 30.6 Å². The molecule has 1 aromatic rings. The summed E-state index contributed by atoms with van der Waals surface area (Å²) in [6.45, 7) is 16.8. The van der Waals surface area contributed by atoms with Gasteiger partial charge in [-0.2, -0.15) is 0 Å². The maximum atomic E-state index is 3.66. The molecule has 0 aromatic heterocycles. The Kier molecular flexibility index (Phi) is 7.98. The predicted octanol–water partition coefficient (Wildman–Crippen LogP) is 4.46. The number of nitrogens with zero attached hydrogens (tertiary/aromatic N) is 1. The van der Waals surface area contributed by atoms with Crippen LogP contribution in [0.4, 0.5) is 0 Å². The third-order valence-corrected chi connectivity index (χ3v) is 4.04. The molecule has 1 atom stereocenters. The van der Waals surface area contributed by atoms with Gasteiger partial charge in [0.2, 0.25) is 0 Å². The minimum absolute atomic E-state index is 0.465. The van der Waals surface area contributed by atoms with Crippen LogP contribution in [0.5, 0.6) is 0 Å². The van der Waals surface area contributed by atoms with Crippen molar-refractivity contribution in [1.82, 2.24) is 10.2 Å². The van der Waals surface area contributed by atoms with Gasteiger partial charge in [-0.1, -0.05) is 43.2 Å². The Morgan fingerprint density at radius 1 is 1.00 bits per heavy atom. The quantitative estimate of drug-likeness (QED) is 0.722. The summed E-state index contributed by atoms with van der Waals surface area (Å²) in [4.78, 5) is 2.59. The highest BCUT2D eigenvalue weighted by molar-refractivity contribution is 5.30. The fourth-order valence-corrected chi connectivity index (χ4v) is 3.05. The molecule has 2 heteroatoms. The van der Waals surface area contributed by atoms with Crippen LogP contribution in [0, 0.1) is 13.8 Å². The van der Waals surface area contributed by atoms with Crippen LogP contribution in [0.2, 0.25) is 0 Å². The van der Waals surface area contributed by atoms with Gasteiger partial charge < -0.3 is 10.2 Å². The molecule has 0 aliphatic carbocycles. The van der Waals surface area contributed by atoms with Gasteiger partial charge in [0.15, 0.2) is 0 Å². The first-order valence-electron chi connectivity index (χ1n) is 8.53. The second-order valence-electron chi connectivity index (χ2n) is 6.45. The zero-order valence-electron chi connectivity index (χ0n) is 14.9. The van der Waals surface area contributed by atoms with Gasteiger partial charge in [0.1, 0.15) is 0 Å². The monoisotopic (exact) mass is 290 g/mol. The van der Waals surface area contributed by atoms with E-state index in [-0.39, 0.29) is 0 Å². The molecule has 0 saturated carbocycles. The maximum Gasteiger partial charge on any atom is 0.0332 e. The Morgan fingerprint density at radius 2 is 1.62 bits per heavy atom. The average Bonchev–Trinajstić information content (AvgIpc) is 2.40. The van der Waals surface area contributed by atoms with Crippen molar-refractivity contribution in [3.8, 4) is 0 Å². The summed E-state index contributed by atoms with van der Waals surface area (Å²) in [6.07, 6.45) is 2.41. The number of hydrogen-bond acceptors (Lipinski definition) is 2. The Morgan fingerprint density at radius 3 is 2.10 bits per heavy atom. The fraction of sp³-hybridized carbons (Fsp3) is 0.684. The molecule has 0 amide bonds. The lowest BCUT2D eigenvalue weighted by atomic mass is 9.98. The van der Waals surface area contributed by atoms with E-state index in [0.29, 0.717) is 12.1 Å².